The van der Waals surface area contributed by atoms with E-state index in [0.29, 0.717) is 5.69 Å². The van der Waals surface area contributed by atoms with Gasteiger partial charge in [0, 0.05) is 13.0 Å². The second kappa shape index (κ2) is 5.53. The van der Waals surface area contributed by atoms with Crippen LogP contribution in [-0.4, -0.2) is 40.2 Å². The molecule has 0 bridgehead atoms. The molecule has 1 aliphatic heterocycles. The van der Waals surface area contributed by atoms with Crippen molar-refractivity contribution in [1.82, 2.24) is 14.3 Å². The van der Waals surface area contributed by atoms with Gasteiger partial charge in [0.15, 0.2) is 6.29 Å². The van der Waals surface area contributed by atoms with Gasteiger partial charge in [-0.1, -0.05) is 12.5 Å². The number of piperidine rings is 1. The zero-order valence-electron chi connectivity index (χ0n) is 11.1. The van der Waals surface area contributed by atoms with Crippen molar-refractivity contribution < 1.29 is 4.79 Å². The third-order valence-corrected chi connectivity index (χ3v) is 3.88. The number of hydrogen-bond donors (Lipinski definition) is 0. The SMILES string of the molecule is O=Cc1cccc2cnc(CCN3CCCCC3)n12. The second-order valence-electron chi connectivity index (χ2n) is 5.16. The number of carbonyl (C=O) groups excluding carboxylic acids is 1. The third kappa shape index (κ3) is 2.54. The van der Waals surface area contributed by atoms with Crippen molar-refractivity contribution in [1.29, 1.82) is 0 Å². The number of carbonyl (C=O) groups is 1. The molecule has 1 saturated heterocycles. The first-order valence-corrected chi connectivity index (χ1v) is 7.01. The normalized spacial score (nSPS) is 16.8. The molecule has 0 N–H and O–H groups in total. The van der Waals surface area contributed by atoms with Crippen LogP contribution in [0.2, 0.25) is 0 Å². The average Bonchev–Trinajstić information content (AvgIpc) is 2.89. The van der Waals surface area contributed by atoms with Crippen molar-refractivity contribution in [2.75, 3.05) is 19.6 Å². The fraction of sp³-hybridized carbons (Fsp3) is 0.467. The quantitative estimate of drug-likeness (QED) is 0.788. The summed E-state index contributed by atoms with van der Waals surface area (Å²) in [6, 6.07) is 5.73. The predicted molar refractivity (Wildman–Crippen MR) is 74.6 cm³/mol. The lowest BCUT2D eigenvalue weighted by atomic mass is 10.1. The summed E-state index contributed by atoms with van der Waals surface area (Å²) >= 11 is 0. The average molecular weight is 257 g/mol. The lowest BCUT2D eigenvalue weighted by Gasteiger charge is -2.26. The highest BCUT2D eigenvalue weighted by Crippen LogP contribution is 2.13. The molecule has 3 rings (SSSR count). The maximum atomic E-state index is 11.1. The number of hydrogen-bond acceptors (Lipinski definition) is 3. The van der Waals surface area contributed by atoms with Gasteiger partial charge in [0.05, 0.1) is 17.4 Å². The zero-order chi connectivity index (χ0) is 13.1. The number of aromatic nitrogens is 2. The van der Waals surface area contributed by atoms with Gasteiger partial charge in [-0.05, 0) is 38.1 Å². The Morgan fingerprint density at radius 2 is 2.05 bits per heavy atom. The topological polar surface area (TPSA) is 37.6 Å². The molecule has 0 aromatic carbocycles. The van der Waals surface area contributed by atoms with E-state index in [1.165, 1.54) is 32.4 Å². The highest BCUT2D eigenvalue weighted by Gasteiger charge is 2.12. The fourth-order valence-corrected chi connectivity index (χ4v) is 2.85. The molecule has 0 atom stereocenters. The lowest BCUT2D eigenvalue weighted by Crippen LogP contribution is -2.31. The highest BCUT2D eigenvalue weighted by atomic mass is 16.1. The molecule has 0 amide bonds. The molecule has 0 spiro atoms. The summed E-state index contributed by atoms with van der Waals surface area (Å²) in [5.74, 6) is 0.989. The van der Waals surface area contributed by atoms with Crippen LogP contribution in [0.4, 0.5) is 0 Å². The van der Waals surface area contributed by atoms with Crippen molar-refractivity contribution in [3.05, 3.63) is 35.9 Å². The Bertz CT molecular complexity index is 570. The van der Waals surface area contributed by atoms with Crippen LogP contribution >= 0.6 is 0 Å². The molecule has 19 heavy (non-hydrogen) atoms. The Morgan fingerprint density at radius 3 is 2.84 bits per heavy atom. The van der Waals surface area contributed by atoms with Crippen LogP contribution in [0.3, 0.4) is 0 Å². The third-order valence-electron chi connectivity index (χ3n) is 3.88. The lowest BCUT2D eigenvalue weighted by molar-refractivity contribution is 0.111. The van der Waals surface area contributed by atoms with Crippen molar-refractivity contribution in [3.63, 3.8) is 0 Å². The Labute approximate surface area is 113 Å². The minimum Gasteiger partial charge on any atom is -0.303 e. The van der Waals surface area contributed by atoms with E-state index in [2.05, 4.69) is 9.88 Å². The van der Waals surface area contributed by atoms with Crippen molar-refractivity contribution in [2.45, 2.75) is 25.7 Å². The van der Waals surface area contributed by atoms with Gasteiger partial charge in [-0.2, -0.15) is 0 Å². The van der Waals surface area contributed by atoms with E-state index in [1.54, 1.807) is 0 Å². The Balaban J connectivity index is 1.78. The van der Waals surface area contributed by atoms with E-state index in [-0.39, 0.29) is 0 Å². The van der Waals surface area contributed by atoms with Gasteiger partial charge in [0.1, 0.15) is 5.82 Å². The van der Waals surface area contributed by atoms with Crippen molar-refractivity contribution >= 4 is 11.8 Å². The Morgan fingerprint density at radius 1 is 1.21 bits per heavy atom. The summed E-state index contributed by atoms with van der Waals surface area (Å²) in [7, 11) is 0. The minimum atomic E-state index is 0.684. The predicted octanol–water partition coefficient (Wildman–Crippen LogP) is 2.18. The molecule has 3 heterocycles. The fourth-order valence-electron chi connectivity index (χ4n) is 2.85. The molecular weight excluding hydrogens is 238 g/mol. The smallest absolute Gasteiger partial charge is 0.166 e. The van der Waals surface area contributed by atoms with Crippen molar-refractivity contribution in [3.8, 4) is 0 Å². The number of nitrogens with zero attached hydrogens (tertiary/aromatic N) is 3. The maximum Gasteiger partial charge on any atom is 0.166 e. The summed E-state index contributed by atoms with van der Waals surface area (Å²) in [5.41, 5.74) is 1.68. The number of pyridine rings is 1. The van der Waals surface area contributed by atoms with Crippen LogP contribution < -0.4 is 0 Å². The number of imidazole rings is 1. The maximum absolute atomic E-state index is 11.1. The molecule has 0 unspecified atom stereocenters. The summed E-state index contributed by atoms with van der Waals surface area (Å²) in [4.78, 5) is 18.1. The molecule has 4 heteroatoms. The van der Waals surface area contributed by atoms with E-state index in [9.17, 15) is 4.79 Å². The Kier molecular flexibility index (Phi) is 3.60. The number of aldehydes is 1. The van der Waals surface area contributed by atoms with E-state index in [4.69, 9.17) is 0 Å². The largest absolute Gasteiger partial charge is 0.303 e. The van der Waals surface area contributed by atoms with E-state index in [1.807, 2.05) is 28.8 Å². The van der Waals surface area contributed by atoms with Gasteiger partial charge >= 0.3 is 0 Å². The molecule has 2 aromatic heterocycles. The number of rotatable bonds is 4. The number of fused-ring (bicyclic) bond motifs is 1. The molecule has 0 radical (unpaired) electrons. The molecule has 0 saturated carbocycles. The van der Waals surface area contributed by atoms with E-state index in [0.717, 1.165) is 30.6 Å². The highest BCUT2D eigenvalue weighted by molar-refractivity contribution is 5.74. The molecule has 2 aromatic rings. The van der Waals surface area contributed by atoms with Gasteiger partial charge < -0.3 is 4.90 Å². The monoisotopic (exact) mass is 257 g/mol. The van der Waals surface area contributed by atoms with Crippen LogP contribution in [0.25, 0.3) is 5.52 Å². The van der Waals surface area contributed by atoms with Crippen molar-refractivity contribution in [2.24, 2.45) is 0 Å². The zero-order valence-corrected chi connectivity index (χ0v) is 11.1. The van der Waals surface area contributed by atoms with Gasteiger partial charge in [-0.15, -0.1) is 0 Å². The van der Waals surface area contributed by atoms with E-state index >= 15 is 0 Å². The molecule has 1 fully saturated rings. The first-order chi connectivity index (χ1) is 9.38. The second-order valence-corrected chi connectivity index (χ2v) is 5.16. The van der Waals surface area contributed by atoms with Crippen LogP contribution in [-0.2, 0) is 6.42 Å². The first kappa shape index (κ1) is 12.4. The van der Waals surface area contributed by atoms with Gasteiger partial charge in [0.2, 0.25) is 0 Å². The summed E-state index contributed by atoms with van der Waals surface area (Å²) in [5, 5.41) is 0. The van der Waals surface area contributed by atoms with Gasteiger partial charge in [0.25, 0.3) is 0 Å². The molecule has 1 aliphatic rings. The van der Waals surface area contributed by atoms with Crippen LogP contribution in [0.1, 0.15) is 35.6 Å². The number of likely N-dealkylation sites (tertiary alicyclic amines) is 1. The van der Waals surface area contributed by atoms with Crippen LogP contribution in [0.5, 0.6) is 0 Å². The summed E-state index contributed by atoms with van der Waals surface area (Å²) in [6.45, 7) is 3.43. The molecule has 100 valence electrons. The standard InChI is InChI=1S/C15H19N3O/c19-12-14-6-4-5-13-11-16-15(18(13)14)7-10-17-8-2-1-3-9-17/h4-6,11-12H,1-3,7-10H2. The van der Waals surface area contributed by atoms with Gasteiger partial charge in [-0.3, -0.25) is 9.20 Å². The first-order valence-electron chi connectivity index (χ1n) is 7.01. The van der Waals surface area contributed by atoms with Crippen LogP contribution in [0.15, 0.2) is 24.4 Å². The minimum absolute atomic E-state index is 0.684. The molecule has 4 nitrogen and oxygen atoms in total. The summed E-state index contributed by atoms with van der Waals surface area (Å²) in [6.07, 6.45) is 7.62. The molecular formula is C15H19N3O. The molecule has 0 aliphatic carbocycles. The Hall–Kier alpha value is -1.68. The van der Waals surface area contributed by atoms with E-state index < -0.39 is 0 Å². The summed E-state index contributed by atoms with van der Waals surface area (Å²) < 4.78 is 1.97. The van der Waals surface area contributed by atoms with Crippen LogP contribution in [0, 0.1) is 0 Å². The van der Waals surface area contributed by atoms with Gasteiger partial charge in [-0.25, -0.2) is 4.98 Å².